The number of rotatable bonds is 4. The molecule has 0 heterocycles. The number of likely N-dealkylation sites (N-methyl/N-ethyl adjacent to an activating group) is 1. The molecular formula is C10H15NO. The molecule has 0 aliphatic carbocycles. The van der Waals surface area contributed by atoms with Crippen LogP contribution in [-0.2, 0) is 6.42 Å². The lowest BCUT2D eigenvalue weighted by Crippen LogP contribution is -2.25. The quantitative estimate of drug-likeness (QED) is 0.692. The van der Waals surface area contributed by atoms with Crippen molar-refractivity contribution in [1.82, 2.24) is 5.32 Å². The molecule has 2 nitrogen and oxygen atoms in total. The Morgan fingerprint density at radius 2 is 2.00 bits per heavy atom. The molecule has 0 unspecified atom stereocenters. The van der Waals surface area contributed by atoms with Crippen LogP contribution >= 0.6 is 0 Å². The molecule has 0 spiro atoms. The van der Waals surface area contributed by atoms with E-state index in [4.69, 9.17) is 0 Å². The summed E-state index contributed by atoms with van der Waals surface area (Å²) < 4.78 is 0. The van der Waals surface area contributed by atoms with E-state index >= 15 is 0 Å². The fraction of sp³-hybridized carbons (Fsp3) is 0.400. The summed E-state index contributed by atoms with van der Waals surface area (Å²) in [6.07, 6.45) is 0.444. The third kappa shape index (κ3) is 3.03. The lowest BCUT2D eigenvalue weighted by molar-refractivity contribution is 0.175. The molecule has 66 valence electrons. The van der Waals surface area contributed by atoms with Gasteiger partial charge in [-0.3, -0.25) is 0 Å². The van der Waals surface area contributed by atoms with E-state index in [1.54, 1.807) is 0 Å². The fourth-order valence-corrected chi connectivity index (χ4v) is 1.19. The van der Waals surface area contributed by atoms with Gasteiger partial charge in [0, 0.05) is 6.54 Å². The number of aliphatic hydroxyl groups is 1. The van der Waals surface area contributed by atoms with Crippen molar-refractivity contribution in [2.24, 2.45) is 0 Å². The SMILES string of the molecule is CNC[C@H](O)Cc1ccccc1. The average molecular weight is 165 g/mol. The first-order chi connectivity index (χ1) is 5.83. The average Bonchev–Trinajstić information content (AvgIpc) is 2.06. The molecule has 0 aromatic heterocycles. The summed E-state index contributed by atoms with van der Waals surface area (Å²) >= 11 is 0. The van der Waals surface area contributed by atoms with Gasteiger partial charge in [-0.15, -0.1) is 0 Å². The van der Waals surface area contributed by atoms with Crippen LogP contribution in [0.1, 0.15) is 5.56 Å². The van der Waals surface area contributed by atoms with E-state index in [0.717, 1.165) is 6.42 Å². The molecule has 0 saturated carbocycles. The number of aliphatic hydroxyl groups excluding tert-OH is 1. The van der Waals surface area contributed by atoms with Crippen LogP contribution in [0.15, 0.2) is 30.3 Å². The van der Waals surface area contributed by atoms with Crippen LogP contribution in [0.5, 0.6) is 0 Å². The number of benzene rings is 1. The molecule has 0 radical (unpaired) electrons. The second-order valence-electron chi connectivity index (χ2n) is 2.90. The number of nitrogens with one attached hydrogen (secondary N) is 1. The first-order valence-electron chi connectivity index (χ1n) is 4.19. The van der Waals surface area contributed by atoms with Crippen LogP contribution in [0.25, 0.3) is 0 Å². The fourth-order valence-electron chi connectivity index (χ4n) is 1.19. The summed E-state index contributed by atoms with van der Waals surface area (Å²) in [5.41, 5.74) is 1.18. The van der Waals surface area contributed by atoms with Gasteiger partial charge in [0.05, 0.1) is 6.10 Å². The topological polar surface area (TPSA) is 32.3 Å². The maximum atomic E-state index is 9.44. The predicted octanol–water partition coefficient (Wildman–Crippen LogP) is 0.809. The number of hydrogen-bond acceptors (Lipinski definition) is 2. The standard InChI is InChI=1S/C10H15NO/c1-11-8-10(12)7-9-5-3-2-4-6-9/h2-6,10-12H,7-8H2,1H3/t10-/m1/s1. The smallest absolute Gasteiger partial charge is 0.0704 e. The molecule has 0 bridgehead atoms. The van der Waals surface area contributed by atoms with Crippen molar-refractivity contribution in [3.63, 3.8) is 0 Å². The Bertz CT molecular complexity index is 210. The normalized spacial score (nSPS) is 12.8. The summed E-state index contributed by atoms with van der Waals surface area (Å²) in [5, 5.41) is 12.4. The van der Waals surface area contributed by atoms with Gasteiger partial charge in [-0.2, -0.15) is 0 Å². The van der Waals surface area contributed by atoms with Crippen molar-refractivity contribution >= 4 is 0 Å². The Morgan fingerprint density at radius 3 is 2.58 bits per heavy atom. The van der Waals surface area contributed by atoms with E-state index in [1.165, 1.54) is 5.56 Å². The maximum absolute atomic E-state index is 9.44. The minimum atomic E-state index is -0.280. The van der Waals surface area contributed by atoms with Gasteiger partial charge in [-0.25, -0.2) is 0 Å². The summed E-state index contributed by atoms with van der Waals surface area (Å²) in [7, 11) is 1.84. The van der Waals surface area contributed by atoms with Crippen LogP contribution in [0.4, 0.5) is 0 Å². The van der Waals surface area contributed by atoms with Crippen LogP contribution in [-0.4, -0.2) is 24.8 Å². The van der Waals surface area contributed by atoms with Crippen LogP contribution < -0.4 is 5.32 Å². The summed E-state index contributed by atoms with van der Waals surface area (Å²) in [4.78, 5) is 0. The van der Waals surface area contributed by atoms with E-state index in [0.29, 0.717) is 6.54 Å². The lowest BCUT2D eigenvalue weighted by atomic mass is 10.1. The zero-order chi connectivity index (χ0) is 8.81. The third-order valence-electron chi connectivity index (χ3n) is 1.75. The monoisotopic (exact) mass is 165 g/mol. The minimum Gasteiger partial charge on any atom is -0.391 e. The Morgan fingerprint density at radius 1 is 1.33 bits per heavy atom. The first kappa shape index (κ1) is 9.23. The maximum Gasteiger partial charge on any atom is 0.0704 e. The van der Waals surface area contributed by atoms with Gasteiger partial charge in [-0.05, 0) is 19.0 Å². The largest absolute Gasteiger partial charge is 0.391 e. The van der Waals surface area contributed by atoms with Gasteiger partial charge in [0.15, 0.2) is 0 Å². The van der Waals surface area contributed by atoms with Crippen LogP contribution in [0.2, 0.25) is 0 Å². The molecule has 1 atom stereocenters. The highest BCUT2D eigenvalue weighted by molar-refractivity contribution is 5.15. The molecule has 0 amide bonds. The third-order valence-corrected chi connectivity index (χ3v) is 1.75. The Hall–Kier alpha value is -0.860. The molecule has 1 aromatic rings. The zero-order valence-corrected chi connectivity index (χ0v) is 7.33. The second kappa shape index (κ2) is 4.91. The molecule has 0 aliphatic rings. The molecule has 0 saturated heterocycles. The summed E-state index contributed by atoms with van der Waals surface area (Å²) in [6.45, 7) is 0.648. The van der Waals surface area contributed by atoms with Crippen molar-refractivity contribution in [3.05, 3.63) is 35.9 Å². The van der Waals surface area contributed by atoms with E-state index in [1.807, 2.05) is 37.4 Å². The molecule has 0 fully saturated rings. The molecule has 1 aromatic carbocycles. The Labute approximate surface area is 73.2 Å². The highest BCUT2D eigenvalue weighted by atomic mass is 16.3. The van der Waals surface area contributed by atoms with Crippen LogP contribution in [0.3, 0.4) is 0 Å². The molecule has 12 heavy (non-hydrogen) atoms. The number of hydrogen-bond donors (Lipinski definition) is 2. The Kier molecular flexibility index (Phi) is 3.77. The summed E-state index contributed by atoms with van der Waals surface area (Å²) in [5.74, 6) is 0. The first-order valence-corrected chi connectivity index (χ1v) is 4.19. The highest BCUT2D eigenvalue weighted by Crippen LogP contribution is 2.01. The molecule has 2 heteroatoms. The van der Waals surface area contributed by atoms with Crippen molar-refractivity contribution < 1.29 is 5.11 Å². The predicted molar refractivity (Wildman–Crippen MR) is 50.1 cm³/mol. The molecular weight excluding hydrogens is 150 g/mol. The van der Waals surface area contributed by atoms with Crippen LogP contribution in [0, 0.1) is 0 Å². The van der Waals surface area contributed by atoms with Crippen molar-refractivity contribution in [3.8, 4) is 0 Å². The van der Waals surface area contributed by atoms with Crippen molar-refractivity contribution in [1.29, 1.82) is 0 Å². The molecule has 1 rings (SSSR count). The molecule has 0 aliphatic heterocycles. The van der Waals surface area contributed by atoms with Gasteiger partial charge in [0.1, 0.15) is 0 Å². The molecule has 2 N–H and O–H groups in total. The van der Waals surface area contributed by atoms with Crippen molar-refractivity contribution in [2.45, 2.75) is 12.5 Å². The second-order valence-corrected chi connectivity index (χ2v) is 2.90. The van der Waals surface area contributed by atoms with E-state index in [-0.39, 0.29) is 6.10 Å². The van der Waals surface area contributed by atoms with Gasteiger partial charge in [0.25, 0.3) is 0 Å². The van der Waals surface area contributed by atoms with Gasteiger partial charge in [-0.1, -0.05) is 30.3 Å². The zero-order valence-electron chi connectivity index (χ0n) is 7.33. The van der Waals surface area contributed by atoms with Gasteiger partial charge in [0.2, 0.25) is 0 Å². The minimum absolute atomic E-state index is 0.280. The van der Waals surface area contributed by atoms with Gasteiger partial charge >= 0.3 is 0 Å². The van der Waals surface area contributed by atoms with Crippen molar-refractivity contribution in [2.75, 3.05) is 13.6 Å². The van der Waals surface area contributed by atoms with E-state index in [9.17, 15) is 5.11 Å². The lowest BCUT2D eigenvalue weighted by Gasteiger charge is -2.08. The summed E-state index contributed by atoms with van der Waals surface area (Å²) in [6, 6.07) is 10.0. The van der Waals surface area contributed by atoms with Gasteiger partial charge < -0.3 is 10.4 Å². The highest BCUT2D eigenvalue weighted by Gasteiger charge is 2.02. The van der Waals surface area contributed by atoms with E-state index in [2.05, 4.69) is 5.32 Å². The van der Waals surface area contributed by atoms with E-state index < -0.39 is 0 Å². The Balaban J connectivity index is 2.41.